The molecule has 0 saturated heterocycles. The maximum Gasteiger partial charge on any atom is 0.0233 e. The maximum absolute atomic E-state index is 5.44. The van der Waals surface area contributed by atoms with Gasteiger partial charge in [-0.15, -0.1) is 0 Å². The van der Waals surface area contributed by atoms with Crippen LogP contribution in [0.3, 0.4) is 0 Å². The summed E-state index contributed by atoms with van der Waals surface area (Å²) in [7, 11) is 6.68. The van der Waals surface area contributed by atoms with E-state index < -0.39 is 0 Å². The molecule has 0 unspecified atom stereocenters. The molecule has 1 aromatic rings. The van der Waals surface area contributed by atoms with Crippen molar-refractivity contribution >= 4 is 21.7 Å². The van der Waals surface area contributed by atoms with Crippen LogP contribution in [0.4, 0.5) is 0 Å². The van der Waals surface area contributed by atoms with E-state index >= 15 is 0 Å². The van der Waals surface area contributed by atoms with Crippen LogP contribution in [-0.2, 0) is 0 Å². The van der Waals surface area contributed by atoms with Gasteiger partial charge in [-0.25, -0.2) is 0 Å². The van der Waals surface area contributed by atoms with Crippen molar-refractivity contribution in [3.05, 3.63) is 30.3 Å². The number of rotatable bonds is 1. The summed E-state index contributed by atoms with van der Waals surface area (Å²) in [6.45, 7) is 0. The Morgan fingerprint density at radius 2 is 1.67 bits per heavy atom. The minimum Gasteiger partial charge on any atom is -1.00 e. The normalized spacial score (nSPS) is 8.11. The summed E-state index contributed by atoms with van der Waals surface area (Å²) in [4.78, 5) is 1.09. The predicted octanol–water partition coefficient (Wildman–Crippen LogP) is -0.0635. The number of benzene rings is 1. The molecule has 50 valence electrons. The van der Waals surface area contributed by atoms with Crippen LogP contribution >= 0.6 is 21.7 Å². The van der Waals surface area contributed by atoms with Crippen molar-refractivity contribution in [1.82, 2.24) is 0 Å². The summed E-state index contributed by atoms with van der Waals surface area (Å²) >= 11 is 0. The Hall–Kier alpha value is 0.150. The molecule has 0 heterocycles. The Balaban J connectivity index is 0.000000640. The van der Waals surface area contributed by atoms with E-state index in [1.807, 2.05) is 30.3 Å². The highest BCUT2D eigenvalue weighted by Crippen LogP contribution is 2.19. The van der Waals surface area contributed by atoms with E-state index in [1.165, 1.54) is 11.0 Å². The molecular formula is C6H5Cl2S-. The van der Waals surface area contributed by atoms with Crippen molar-refractivity contribution in [1.29, 1.82) is 0 Å². The molecule has 0 saturated carbocycles. The van der Waals surface area contributed by atoms with Crippen LogP contribution in [0.1, 0.15) is 0 Å². The van der Waals surface area contributed by atoms with E-state index in [0.29, 0.717) is 0 Å². The fourth-order valence-electron chi connectivity index (χ4n) is 0.472. The molecule has 0 radical (unpaired) electrons. The highest BCUT2D eigenvalue weighted by molar-refractivity contribution is 8.21. The average molecular weight is 180 g/mol. The summed E-state index contributed by atoms with van der Waals surface area (Å²) in [5.41, 5.74) is 0. The third kappa shape index (κ3) is 2.99. The van der Waals surface area contributed by atoms with E-state index in [2.05, 4.69) is 0 Å². The zero-order valence-electron chi connectivity index (χ0n) is 4.55. The van der Waals surface area contributed by atoms with E-state index in [9.17, 15) is 0 Å². The topological polar surface area (TPSA) is 0 Å². The van der Waals surface area contributed by atoms with Crippen molar-refractivity contribution in [2.24, 2.45) is 0 Å². The average Bonchev–Trinajstić information content (AvgIpc) is 1.90. The first kappa shape index (κ1) is 9.15. The van der Waals surface area contributed by atoms with Gasteiger partial charge >= 0.3 is 0 Å². The fourth-order valence-corrected chi connectivity index (χ4v) is 1.04. The standard InChI is InChI=1S/C6H5ClS.ClH/c7-8-6-4-2-1-3-5-6;/h1-5H;1H/p-1. The molecule has 3 heteroatoms. The van der Waals surface area contributed by atoms with Gasteiger partial charge in [0.1, 0.15) is 0 Å². The molecule has 0 nitrogen and oxygen atoms in total. The molecule has 0 atom stereocenters. The summed E-state index contributed by atoms with van der Waals surface area (Å²) in [5.74, 6) is 0. The molecule has 0 amide bonds. The van der Waals surface area contributed by atoms with Crippen LogP contribution in [0.2, 0.25) is 0 Å². The van der Waals surface area contributed by atoms with Crippen molar-refractivity contribution < 1.29 is 12.4 Å². The largest absolute Gasteiger partial charge is 1.00 e. The minimum absolute atomic E-state index is 0. The molecule has 0 bridgehead atoms. The molecule has 0 fully saturated rings. The Morgan fingerprint density at radius 1 is 1.11 bits per heavy atom. The van der Waals surface area contributed by atoms with Crippen LogP contribution in [0.15, 0.2) is 35.2 Å². The van der Waals surface area contributed by atoms with Crippen LogP contribution in [0.5, 0.6) is 0 Å². The molecule has 0 aliphatic carbocycles. The lowest BCUT2D eigenvalue weighted by Crippen LogP contribution is -3.00. The van der Waals surface area contributed by atoms with Gasteiger partial charge in [0.25, 0.3) is 0 Å². The molecule has 0 aliphatic rings. The Labute approximate surface area is 69.5 Å². The van der Waals surface area contributed by atoms with Crippen LogP contribution in [-0.4, -0.2) is 0 Å². The lowest BCUT2D eigenvalue weighted by Gasteiger charge is -1.86. The number of hydrogen-bond donors (Lipinski definition) is 0. The minimum atomic E-state index is 0. The second-order valence-electron chi connectivity index (χ2n) is 1.39. The Kier molecular flexibility index (Phi) is 5.06. The second kappa shape index (κ2) is 4.98. The molecule has 1 rings (SSSR count). The lowest BCUT2D eigenvalue weighted by molar-refractivity contribution is -0.00000146. The van der Waals surface area contributed by atoms with Crippen molar-refractivity contribution in [3.8, 4) is 0 Å². The Bertz CT molecular complexity index is 152. The van der Waals surface area contributed by atoms with E-state index in [4.69, 9.17) is 10.7 Å². The highest BCUT2D eigenvalue weighted by atomic mass is 35.7. The maximum atomic E-state index is 5.44. The third-order valence-corrected chi connectivity index (χ3v) is 1.82. The van der Waals surface area contributed by atoms with Gasteiger partial charge in [0.15, 0.2) is 0 Å². The summed E-state index contributed by atoms with van der Waals surface area (Å²) < 4.78 is 0. The first-order valence-corrected chi connectivity index (χ1v) is 3.91. The number of halogens is 2. The van der Waals surface area contributed by atoms with E-state index in [1.54, 1.807) is 0 Å². The molecule has 0 N–H and O–H groups in total. The third-order valence-electron chi connectivity index (χ3n) is 0.832. The summed E-state index contributed by atoms with van der Waals surface area (Å²) in [6.07, 6.45) is 0. The zero-order valence-corrected chi connectivity index (χ0v) is 6.88. The van der Waals surface area contributed by atoms with Gasteiger partial charge in [-0.3, -0.25) is 0 Å². The first-order chi connectivity index (χ1) is 3.93. The van der Waals surface area contributed by atoms with Crippen LogP contribution < -0.4 is 12.4 Å². The molecule has 1 aromatic carbocycles. The smallest absolute Gasteiger partial charge is 0.0233 e. The first-order valence-electron chi connectivity index (χ1n) is 2.27. The van der Waals surface area contributed by atoms with Gasteiger partial charge in [-0.05, 0) is 33.8 Å². The van der Waals surface area contributed by atoms with Crippen molar-refractivity contribution in [2.45, 2.75) is 4.90 Å². The quantitative estimate of drug-likeness (QED) is 0.583. The van der Waals surface area contributed by atoms with Gasteiger partial charge in [0.05, 0.1) is 0 Å². The van der Waals surface area contributed by atoms with Gasteiger partial charge in [-0.2, -0.15) is 0 Å². The van der Waals surface area contributed by atoms with Gasteiger partial charge < -0.3 is 12.4 Å². The van der Waals surface area contributed by atoms with Gasteiger partial charge in [0.2, 0.25) is 0 Å². The highest BCUT2D eigenvalue weighted by Gasteiger charge is 1.82. The number of hydrogen-bond acceptors (Lipinski definition) is 1. The zero-order chi connectivity index (χ0) is 5.82. The monoisotopic (exact) mass is 179 g/mol. The van der Waals surface area contributed by atoms with Crippen LogP contribution in [0.25, 0.3) is 0 Å². The fraction of sp³-hybridized carbons (Fsp3) is 0. The molecule has 0 aromatic heterocycles. The molecule has 0 aliphatic heterocycles. The lowest BCUT2D eigenvalue weighted by atomic mass is 10.4. The summed E-state index contributed by atoms with van der Waals surface area (Å²) in [6, 6.07) is 9.83. The molecular weight excluding hydrogens is 175 g/mol. The van der Waals surface area contributed by atoms with Gasteiger partial charge in [-0.1, -0.05) is 18.2 Å². The summed E-state index contributed by atoms with van der Waals surface area (Å²) in [5, 5.41) is 0. The van der Waals surface area contributed by atoms with Gasteiger partial charge in [0, 0.05) is 4.90 Å². The van der Waals surface area contributed by atoms with Crippen molar-refractivity contribution in [3.63, 3.8) is 0 Å². The second-order valence-corrected chi connectivity index (χ2v) is 2.48. The van der Waals surface area contributed by atoms with E-state index in [0.717, 1.165) is 4.90 Å². The predicted molar refractivity (Wildman–Crippen MR) is 38.2 cm³/mol. The van der Waals surface area contributed by atoms with Crippen molar-refractivity contribution in [2.75, 3.05) is 0 Å². The Morgan fingerprint density at radius 3 is 2.00 bits per heavy atom. The van der Waals surface area contributed by atoms with E-state index in [-0.39, 0.29) is 12.4 Å². The SMILES string of the molecule is ClSc1ccccc1.[Cl-]. The molecule has 0 spiro atoms. The van der Waals surface area contributed by atoms with Crippen LogP contribution in [0, 0.1) is 0 Å². The molecule has 9 heavy (non-hydrogen) atoms.